The summed E-state index contributed by atoms with van der Waals surface area (Å²) in [4.78, 5) is 11.8. The molecule has 0 saturated carbocycles. The van der Waals surface area contributed by atoms with E-state index in [1.165, 1.54) is 6.33 Å². The molecule has 2 amide bonds. The van der Waals surface area contributed by atoms with Crippen LogP contribution in [-0.4, -0.2) is 20.8 Å². The van der Waals surface area contributed by atoms with Gasteiger partial charge in [0.25, 0.3) is 0 Å². The van der Waals surface area contributed by atoms with E-state index >= 15 is 0 Å². The maximum Gasteiger partial charge on any atom is 0.319 e. The van der Waals surface area contributed by atoms with Gasteiger partial charge in [0.2, 0.25) is 0 Å². The fraction of sp³-hybridized carbons (Fsp3) is 0.0625. The van der Waals surface area contributed by atoms with Gasteiger partial charge in [0, 0.05) is 5.69 Å². The number of benzene rings is 2. The van der Waals surface area contributed by atoms with Gasteiger partial charge in [-0.3, -0.25) is 4.57 Å². The van der Waals surface area contributed by atoms with Gasteiger partial charge in [-0.25, -0.2) is 18.0 Å². The smallest absolute Gasteiger partial charge is 0.319 e. The lowest BCUT2D eigenvalue weighted by molar-refractivity contribution is 0.251. The summed E-state index contributed by atoms with van der Waals surface area (Å²) in [6.07, 6.45) is 1.49. The van der Waals surface area contributed by atoms with Crippen LogP contribution in [0.4, 0.5) is 23.7 Å². The quantitative estimate of drug-likeness (QED) is 0.713. The van der Waals surface area contributed by atoms with Crippen molar-refractivity contribution in [2.45, 2.75) is 6.54 Å². The first kappa shape index (κ1) is 16.5. The number of anilines is 1. The van der Waals surface area contributed by atoms with Crippen molar-refractivity contribution in [1.29, 1.82) is 0 Å². The predicted octanol–water partition coefficient (Wildman–Crippen LogP) is 3.01. The van der Waals surface area contributed by atoms with Crippen LogP contribution in [0.5, 0.6) is 0 Å². The molecule has 0 aliphatic rings. The lowest BCUT2D eigenvalue weighted by Crippen LogP contribution is -2.29. The number of carbonyl (C=O) groups excluding carboxylic acids is 1. The van der Waals surface area contributed by atoms with Gasteiger partial charge in [-0.15, -0.1) is 10.2 Å². The Morgan fingerprint density at radius 1 is 1.04 bits per heavy atom. The molecule has 0 aliphatic heterocycles. The Labute approximate surface area is 140 Å². The minimum Gasteiger partial charge on any atom is -0.331 e. The van der Waals surface area contributed by atoms with Crippen molar-refractivity contribution in [3.63, 3.8) is 0 Å². The lowest BCUT2D eigenvalue weighted by atomic mass is 10.3. The average Bonchev–Trinajstić information content (AvgIpc) is 3.10. The van der Waals surface area contributed by atoms with E-state index in [4.69, 9.17) is 0 Å². The fourth-order valence-electron chi connectivity index (χ4n) is 2.13. The number of carbonyl (C=O) groups is 1. The molecule has 3 aromatic rings. The molecule has 0 unspecified atom stereocenters. The first-order valence-corrected chi connectivity index (χ1v) is 7.19. The van der Waals surface area contributed by atoms with Gasteiger partial charge in [-0.1, -0.05) is 18.2 Å². The number of para-hydroxylation sites is 1. The van der Waals surface area contributed by atoms with Crippen LogP contribution in [0.1, 0.15) is 5.82 Å². The van der Waals surface area contributed by atoms with Gasteiger partial charge in [-0.05, 0) is 24.3 Å². The molecule has 1 aromatic heterocycles. The largest absolute Gasteiger partial charge is 0.331 e. The molecule has 9 heteroatoms. The first-order valence-electron chi connectivity index (χ1n) is 7.19. The van der Waals surface area contributed by atoms with Gasteiger partial charge >= 0.3 is 6.03 Å². The third kappa shape index (κ3) is 3.60. The van der Waals surface area contributed by atoms with Crippen molar-refractivity contribution in [2.75, 3.05) is 5.32 Å². The summed E-state index contributed by atoms with van der Waals surface area (Å²) in [6.45, 7) is -0.00791. The van der Waals surface area contributed by atoms with Crippen LogP contribution in [0.2, 0.25) is 0 Å². The molecule has 128 valence electrons. The zero-order chi connectivity index (χ0) is 17.8. The zero-order valence-electron chi connectivity index (χ0n) is 12.7. The monoisotopic (exact) mass is 347 g/mol. The molecule has 0 fully saturated rings. The van der Waals surface area contributed by atoms with Gasteiger partial charge in [0.1, 0.15) is 6.33 Å². The van der Waals surface area contributed by atoms with E-state index in [-0.39, 0.29) is 6.54 Å². The predicted molar refractivity (Wildman–Crippen MR) is 83.5 cm³/mol. The minimum absolute atomic E-state index is 0.00791. The molecule has 0 radical (unpaired) electrons. The summed E-state index contributed by atoms with van der Waals surface area (Å²) in [5, 5.41) is 12.2. The normalized spacial score (nSPS) is 10.5. The van der Waals surface area contributed by atoms with E-state index < -0.39 is 29.2 Å². The third-order valence-corrected chi connectivity index (χ3v) is 3.34. The van der Waals surface area contributed by atoms with Crippen LogP contribution in [0.15, 0.2) is 48.8 Å². The van der Waals surface area contributed by atoms with Crippen molar-refractivity contribution in [3.05, 3.63) is 72.1 Å². The Hall–Kier alpha value is -3.36. The Morgan fingerprint density at radius 2 is 1.80 bits per heavy atom. The Morgan fingerprint density at radius 3 is 2.56 bits per heavy atom. The standard InChI is InChI=1S/C16H12F3N5O/c17-11-6-7-12(15(19)14(11)18)22-16(25)20-8-13-23-21-9-24(13)10-4-2-1-3-5-10/h1-7,9H,8H2,(H2,20,22,25). The van der Waals surface area contributed by atoms with Crippen LogP contribution in [0.25, 0.3) is 5.69 Å². The number of rotatable bonds is 4. The third-order valence-electron chi connectivity index (χ3n) is 3.34. The summed E-state index contributed by atoms with van der Waals surface area (Å²) < 4.78 is 41.2. The van der Waals surface area contributed by atoms with Crippen molar-refractivity contribution < 1.29 is 18.0 Å². The highest BCUT2D eigenvalue weighted by atomic mass is 19.2. The van der Waals surface area contributed by atoms with Crippen LogP contribution in [-0.2, 0) is 6.54 Å². The number of hydrogen-bond donors (Lipinski definition) is 2. The van der Waals surface area contributed by atoms with Crippen molar-refractivity contribution >= 4 is 11.7 Å². The van der Waals surface area contributed by atoms with E-state index in [0.717, 1.165) is 17.8 Å². The summed E-state index contributed by atoms with van der Waals surface area (Å²) >= 11 is 0. The highest BCUT2D eigenvalue weighted by molar-refractivity contribution is 5.89. The SMILES string of the molecule is O=C(NCc1nncn1-c1ccccc1)Nc1ccc(F)c(F)c1F. The van der Waals surface area contributed by atoms with Gasteiger partial charge < -0.3 is 10.6 Å². The Kier molecular flexibility index (Phi) is 4.64. The van der Waals surface area contributed by atoms with Gasteiger partial charge in [-0.2, -0.15) is 0 Å². The van der Waals surface area contributed by atoms with Crippen molar-refractivity contribution in [1.82, 2.24) is 20.1 Å². The second-order valence-electron chi connectivity index (χ2n) is 4.98. The van der Waals surface area contributed by atoms with E-state index in [1.807, 2.05) is 30.3 Å². The topological polar surface area (TPSA) is 71.8 Å². The molecule has 0 saturated heterocycles. The molecule has 0 aliphatic carbocycles. The van der Waals surface area contributed by atoms with Crippen molar-refractivity contribution in [2.24, 2.45) is 0 Å². The molecular formula is C16H12F3N5O. The van der Waals surface area contributed by atoms with Crippen molar-refractivity contribution in [3.8, 4) is 5.69 Å². The molecular weight excluding hydrogens is 335 g/mol. The molecule has 6 nitrogen and oxygen atoms in total. The summed E-state index contributed by atoms with van der Waals surface area (Å²) in [7, 11) is 0. The van der Waals surface area contributed by atoms with Gasteiger partial charge in [0.05, 0.1) is 12.2 Å². The number of nitrogens with one attached hydrogen (secondary N) is 2. The molecule has 0 bridgehead atoms. The fourth-order valence-corrected chi connectivity index (χ4v) is 2.13. The highest BCUT2D eigenvalue weighted by Gasteiger charge is 2.15. The Balaban J connectivity index is 1.66. The maximum atomic E-state index is 13.5. The molecule has 2 aromatic carbocycles. The maximum absolute atomic E-state index is 13.5. The molecule has 0 spiro atoms. The second kappa shape index (κ2) is 7.04. The highest BCUT2D eigenvalue weighted by Crippen LogP contribution is 2.19. The summed E-state index contributed by atoms with van der Waals surface area (Å²) in [5.74, 6) is -4.02. The molecule has 25 heavy (non-hydrogen) atoms. The number of nitrogens with zero attached hydrogens (tertiary/aromatic N) is 3. The number of aromatic nitrogens is 3. The van der Waals surface area contributed by atoms with E-state index in [0.29, 0.717) is 5.82 Å². The average molecular weight is 347 g/mol. The zero-order valence-corrected chi connectivity index (χ0v) is 12.7. The second-order valence-corrected chi connectivity index (χ2v) is 4.98. The van der Waals surface area contributed by atoms with Crippen LogP contribution >= 0.6 is 0 Å². The number of urea groups is 1. The van der Waals surface area contributed by atoms with Crippen LogP contribution in [0.3, 0.4) is 0 Å². The molecule has 0 atom stereocenters. The minimum atomic E-state index is -1.65. The van der Waals surface area contributed by atoms with E-state index in [1.54, 1.807) is 4.57 Å². The molecule has 3 rings (SSSR count). The molecule has 2 N–H and O–H groups in total. The van der Waals surface area contributed by atoms with E-state index in [9.17, 15) is 18.0 Å². The van der Waals surface area contributed by atoms with E-state index in [2.05, 4.69) is 20.8 Å². The summed E-state index contributed by atoms with van der Waals surface area (Å²) in [6, 6.07) is 10.1. The lowest BCUT2D eigenvalue weighted by Gasteiger charge is -2.10. The number of amides is 2. The number of halogens is 3. The van der Waals surface area contributed by atoms with Gasteiger partial charge in [0.15, 0.2) is 23.3 Å². The number of hydrogen-bond acceptors (Lipinski definition) is 3. The summed E-state index contributed by atoms with van der Waals surface area (Å²) in [5.41, 5.74) is 0.331. The molecule has 1 heterocycles. The van der Waals surface area contributed by atoms with Crippen LogP contribution < -0.4 is 10.6 Å². The Bertz CT molecular complexity index is 898. The van der Waals surface area contributed by atoms with Crippen LogP contribution in [0, 0.1) is 17.5 Å². The first-order chi connectivity index (χ1) is 12.1.